The zero-order valence-electron chi connectivity index (χ0n) is 12.1. The lowest BCUT2D eigenvalue weighted by Gasteiger charge is -2.37. The van der Waals surface area contributed by atoms with E-state index >= 15 is 0 Å². The molecule has 0 N–H and O–H groups in total. The highest BCUT2D eigenvalue weighted by Crippen LogP contribution is 2.17. The van der Waals surface area contributed by atoms with E-state index in [1.807, 2.05) is 4.90 Å². The van der Waals surface area contributed by atoms with Crippen LogP contribution in [0, 0.1) is 0 Å². The van der Waals surface area contributed by atoms with Crippen LogP contribution in [0.25, 0.3) is 0 Å². The van der Waals surface area contributed by atoms with E-state index in [9.17, 15) is 9.59 Å². The molecular formula is C14H25N3O2. The lowest BCUT2D eigenvalue weighted by Crippen LogP contribution is -2.53. The average Bonchev–Trinajstić information content (AvgIpc) is 2.39. The van der Waals surface area contributed by atoms with Gasteiger partial charge in [-0.2, -0.15) is 0 Å². The number of likely N-dealkylation sites (N-methyl/N-ethyl adjacent to an activating group) is 1. The quantitative estimate of drug-likeness (QED) is 0.733. The third kappa shape index (κ3) is 3.76. The Morgan fingerprint density at radius 1 is 1.05 bits per heavy atom. The molecule has 0 saturated carbocycles. The second-order valence-corrected chi connectivity index (χ2v) is 5.78. The second kappa shape index (κ2) is 6.48. The van der Waals surface area contributed by atoms with Crippen LogP contribution in [0.4, 0.5) is 0 Å². The van der Waals surface area contributed by atoms with Crippen molar-refractivity contribution in [3.05, 3.63) is 0 Å². The van der Waals surface area contributed by atoms with Gasteiger partial charge in [-0.3, -0.25) is 14.5 Å². The molecule has 2 aliphatic heterocycles. The van der Waals surface area contributed by atoms with E-state index in [1.54, 1.807) is 6.92 Å². The van der Waals surface area contributed by atoms with Gasteiger partial charge in [-0.1, -0.05) is 6.42 Å². The lowest BCUT2D eigenvalue weighted by atomic mass is 9.99. The van der Waals surface area contributed by atoms with Gasteiger partial charge < -0.3 is 9.80 Å². The summed E-state index contributed by atoms with van der Waals surface area (Å²) in [5, 5.41) is 0. The van der Waals surface area contributed by atoms with E-state index in [0.29, 0.717) is 6.54 Å². The minimum Gasteiger partial charge on any atom is -0.339 e. The Hall–Kier alpha value is -0.940. The van der Waals surface area contributed by atoms with Gasteiger partial charge in [-0.15, -0.1) is 0 Å². The number of amides is 1. The van der Waals surface area contributed by atoms with E-state index in [0.717, 1.165) is 52.0 Å². The van der Waals surface area contributed by atoms with Gasteiger partial charge in [-0.25, -0.2) is 0 Å². The normalized spacial score (nSPS) is 26.4. The number of carbonyl (C=O) groups is 2. The average molecular weight is 267 g/mol. The molecule has 2 heterocycles. The number of rotatable bonds is 3. The number of nitrogens with zero attached hydrogens (tertiary/aromatic N) is 3. The number of piperazine rings is 1. The maximum Gasteiger partial charge on any atom is 0.236 e. The Balaban J connectivity index is 1.88. The predicted molar refractivity (Wildman–Crippen MR) is 74.0 cm³/mol. The fourth-order valence-electron chi connectivity index (χ4n) is 2.97. The molecule has 108 valence electrons. The van der Waals surface area contributed by atoms with Crippen molar-refractivity contribution in [1.82, 2.24) is 14.7 Å². The van der Waals surface area contributed by atoms with Gasteiger partial charge in [0.15, 0.2) is 0 Å². The highest BCUT2D eigenvalue weighted by atomic mass is 16.2. The van der Waals surface area contributed by atoms with Gasteiger partial charge in [0, 0.05) is 26.2 Å². The maximum atomic E-state index is 12.3. The Morgan fingerprint density at radius 2 is 1.74 bits per heavy atom. The molecule has 1 amide bonds. The monoisotopic (exact) mass is 267 g/mol. The van der Waals surface area contributed by atoms with Crippen molar-refractivity contribution in [2.45, 2.75) is 32.2 Å². The van der Waals surface area contributed by atoms with Gasteiger partial charge in [-0.05, 0) is 33.4 Å². The molecule has 2 fully saturated rings. The molecule has 0 bridgehead atoms. The molecule has 0 spiro atoms. The van der Waals surface area contributed by atoms with Crippen molar-refractivity contribution in [3.8, 4) is 0 Å². The summed E-state index contributed by atoms with van der Waals surface area (Å²) in [7, 11) is 2.08. The molecule has 2 aliphatic rings. The van der Waals surface area contributed by atoms with Crippen molar-refractivity contribution in [3.63, 3.8) is 0 Å². The highest BCUT2D eigenvalue weighted by molar-refractivity contribution is 5.83. The van der Waals surface area contributed by atoms with E-state index in [2.05, 4.69) is 16.8 Å². The van der Waals surface area contributed by atoms with Gasteiger partial charge in [0.25, 0.3) is 0 Å². The molecular weight excluding hydrogens is 242 g/mol. The van der Waals surface area contributed by atoms with E-state index in [-0.39, 0.29) is 17.7 Å². The fraction of sp³-hybridized carbons (Fsp3) is 0.857. The highest BCUT2D eigenvalue weighted by Gasteiger charge is 2.29. The SMILES string of the molecule is CC(=O)C1CCCCN1CC(=O)N1CCN(C)CC1. The molecule has 0 radical (unpaired) electrons. The molecule has 19 heavy (non-hydrogen) atoms. The zero-order valence-corrected chi connectivity index (χ0v) is 12.1. The Bertz CT molecular complexity index is 338. The van der Waals surface area contributed by atoms with Crippen LogP contribution in [0.1, 0.15) is 26.2 Å². The van der Waals surface area contributed by atoms with Crippen molar-refractivity contribution in [1.29, 1.82) is 0 Å². The summed E-state index contributed by atoms with van der Waals surface area (Å²) >= 11 is 0. The molecule has 5 nitrogen and oxygen atoms in total. The first kappa shape index (κ1) is 14.5. The van der Waals surface area contributed by atoms with Crippen LogP contribution < -0.4 is 0 Å². The summed E-state index contributed by atoms with van der Waals surface area (Å²) in [6.07, 6.45) is 3.11. The molecule has 1 atom stereocenters. The Kier molecular flexibility index (Phi) is 4.93. The molecule has 1 unspecified atom stereocenters. The number of piperidine rings is 1. The van der Waals surface area contributed by atoms with Crippen molar-refractivity contribution < 1.29 is 9.59 Å². The van der Waals surface area contributed by atoms with Crippen LogP contribution in [0.5, 0.6) is 0 Å². The summed E-state index contributed by atoms with van der Waals surface area (Å²) in [5.41, 5.74) is 0. The minimum atomic E-state index is -0.0369. The fourth-order valence-corrected chi connectivity index (χ4v) is 2.97. The molecule has 0 aromatic heterocycles. The van der Waals surface area contributed by atoms with Crippen molar-refractivity contribution in [2.24, 2.45) is 0 Å². The van der Waals surface area contributed by atoms with Crippen molar-refractivity contribution in [2.75, 3.05) is 46.3 Å². The Morgan fingerprint density at radius 3 is 2.37 bits per heavy atom. The largest absolute Gasteiger partial charge is 0.339 e. The predicted octanol–water partition coefficient (Wildman–Crippen LogP) is 0.204. The van der Waals surface area contributed by atoms with Crippen LogP contribution >= 0.6 is 0 Å². The van der Waals surface area contributed by atoms with Crippen LogP contribution in [-0.4, -0.2) is 78.7 Å². The first-order valence-corrected chi connectivity index (χ1v) is 7.29. The summed E-state index contributed by atoms with van der Waals surface area (Å²) in [6.45, 7) is 6.45. The third-order valence-electron chi connectivity index (χ3n) is 4.28. The first-order valence-electron chi connectivity index (χ1n) is 7.29. The van der Waals surface area contributed by atoms with E-state index in [1.165, 1.54) is 0 Å². The smallest absolute Gasteiger partial charge is 0.236 e. The second-order valence-electron chi connectivity index (χ2n) is 5.78. The van der Waals surface area contributed by atoms with Gasteiger partial charge >= 0.3 is 0 Å². The van der Waals surface area contributed by atoms with E-state index in [4.69, 9.17) is 0 Å². The third-order valence-corrected chi connectivity index (χ3v) is 4.28. The minimum absolute atomic E-state index is 0.0369. The first-order chi connectivity index (χ1) is 9.08. The number of ketones is 1. The van der Waals surface area contributed by atoms with E-state index < -0.39 is 0 Å². The molecule has 2 rings (SSSR count). The topological polar surface area (TPSA) is 43.9 Å². The molecule has 0 aliphatic carbocycles. The summed E-state index contributed by atoms with van der Waals surface area (Å²) in [4.78, 5) is 30.2. The van der Waals surface area contributed by atoms with Crippen LogP contribution in [0.2, 0.25) is 0 Å². The van der Waals surface area contributed by atoms with Crippen molar-refractivity contribution >= 4 is 11.7 Å². The number of carbonyl (C=O) groups excluding carboxylic acids is 2. The van der Waals surface area contributed by atoms with Crippen LogP contribution in [0.3, 0.4) is 0 Å². The Labute approximate surface area is 115 Å². The number of hydrogen-bond donors (Lipinski definition) is 0. The molecule has 2 saturated heterocycles. The van der Waals surface area contributed by atoms with Gasteiger partial charge in [0.2, 0.25) is 5.91 Å². The molecule has 0 aromatic rings. The van der Waals surface area contributed by atoms with Gasteiger partial charge in [0.05, 0.1) is 12.6 Å². The molecule has 5 heteroatoms. The summed E-state index contributed by atoms with van der Waals surface area (Å²) in [6, 6.07) is -0.0369. The summed E-state index contributed by atoms with van der Waals surface area (Å²) in [5.74, 6) is 0.382. The summed E-state index contributed by atoms with van der Waals surface area (Å²) < 4.78 is 0. The van der Waals surface area contributed by atoms with Crippen LogP contribution in [0.15, 0.2) is 0 Å². The lowest BCUT2D eigenvalue weighted by molar-refractivity contribution is -0.136. The number of Topliss-reactive ketones (excluding diaryl/α,β-unsaturated/α-hetero) is 1. The van der Waals surface area contributed by atoms with Gasteiger partial charge in [0.1, 0.15) is 5.78 Å². The molecule has 0 aromatic carbocycles. The standard InChI is InChI=1S/C14H25N3O2/c1-12(18)13-5-3-4-6-17(13)11-14(19)16-9-7-15(2)8-10-16/h13H,3-11H2,1-2H3. The number of likely N-dealkylation sites (tertiary alicyclic amines) is 1. The maximum absolute atomic E-state index is 12.3. The van der Waals surface area contributed by atoms with Crippen LogP contribution in [-0.2, 0) is 9.59 Å². The number of hydrogen-bond acceptors (Lipinski definition) is 4. The zero-order chi connectivity index (χ0) is 13.8.